The second-order valence-electron chi connectivity index (χ2n) is 6.67. The van der Waals surface area contributed by atoms with Gasteiger partial charge in [0.05, 0.1) is 11.1 Å². The van der Waals surface area contributed by atoms with Crippen LogP contribution in [0.3, 0.4) is 0 Å². The number of aromatic nitrogens is 5. The fourth-order valence-corrected chi connectivity index (χ4v) is 4.24. The Morgan fingerprint density at radius 3 is 2.00 bits per heavy atom. The van der Waals surface area contributed by atoms with Gasteiger partial charge in [0.25, 0.3) is 0 Å². The summed E-state index contributed by atoms with van der Waals surface area (Å²) < 4.78 is 80.7. The molecule has 0 amide bonds. The number of hydrogen-bond acceptors (Lipinski definition) is 6. The van der Waals surface area contributed by atoms with E-state index in [1.54, 1.807) is 20.1 Å². The molecule has 0 bridgehead atoms. The van der Waals surface area contributed by atoms with Crippen molar-refractivity contribution in [3.05, 3.63) is 40.5 Å². The van der Waals surface area contributed by atoms with Crippen LogP contribution in [0.4, 0.5) is 26.3 Å². The molecule has 5 nitrogen and oxygen atoms in total. The van der Waals surface area contributed by atoms with Crippen LogP contribution >= 0.6 is 35.1 Å². The molecule has 14 heteroatoms. The average Bonchev–Trinajstić information content (AvgIpc) is 3.10. The van der Waals surface area contributed by atoms with Crippen LogP contribution in [0, 0.1) is 0 Å². The van der Waals surface area contributed by atoms with Crippen molar-refractivity contribution in [3.8, 4) is 11.4 Å². The SMILES string of the molecule is CSc1nc(Cl)cc(Sc2nc(-c3cc(C(F)(F)F)cc(C(F)(F)F)c3)nn2C(C)C)n1. The number of benzene rings is 1. The molecule has 0 N–H and O–H groups in total. The minimum absolute atomic E-state index is 0.0609. The fraction of sp³-hybridized carbons (Fsp3) is 0.333. The lowest BCUT2D eigenvalue weighted by atomic mass is 10.0. The summed E-state index contributed by atoms with van der Waals surface area (Å²) in [5.41, 5.74) is -3.28. The molecule has 3 aromatic rings. The maximum Gasteiger partial charge on any atom is 0.416 e. The van der Waals surface area contributed by atoms with E-state index in [4.69, 9.17) is 11.6 Å². The number of nitrogens with zero attached hydrogens (tertiary/aromatic N) is 5. The molecule has 172 valence electrons. The van der Waals surface area contributed by atoms with E-state index in [0.29, 0.717) is 22.3 Å². The van der Waals surface area contributed by atoms with E-state index >= 15 is 0 Å². The standard InChI is InChI=1S/C18H14ClF6N5S2/c1-8(2)30-16(32-13-7-12(19)26-15(27-13)31-3)28-14(29-30)9-4-10(17(20,21)22)6-11(5-9)18(23,24)25/h4-8H,1-3H3. The zero-order chi connectivity index (χ0) is 23.8. The highest BCUT2D eigenvalue weighted by Gasteiger charge is 2.37. The number of thioether (sulfide) groups is 1. The summed E-state index contributed by atoms with van der Waals surface area (Å²) in [7, 11) is 0. The van der Waals surface area contributed by atoms with Gasteiger partial charge in [0.15, 0.2) is 16.1 Å². The van der Waals surface area contributed by atoms with E-state index in [9.17, 15) is 26.3 Å². The molecule has 32 heavy (non-hydrogen) atoms. The third-order valence-corrected chi connectivity index (χ3v) is 5.58. The van der Waals surface area contributed by atoms with Crippen LogP contribution in [0.15, 0.2) is 39.6 Å². The second-order valence-corrected chi connectivity index (χ2v) is 8.82. The molecule has 3 rings (SSSR count). The fourth-order valence-electron chi connectivity index (χ4n) is 2.54. The molecule has 0 saturated carbocycles. The normalized spacial score (nSPS) is 12.6. The molecule has 0 spiro atoms. The quantitative estimate of drug-likeness (QED) is 0.160. The van der Waals surface area contributed by atoms with Crippen molar-refractivity contribution in [2.45, 2.75) is 47.6 Å². The van der Waals surface area contributed by atoms with Crippen LogP contribution in [0.2, 0.25) is 5.15 Å². The van der Waals surface area contributed by atoms with Gasteiger partial charge in [-0.25, -0.2) is 19.6 Å². The number of rotatable bonds is 5. The molecule has 0 atom stereocenters. The Morgan fingerprint density at radius 1 is 0.906 bits per heavy atom. The molecule has 0 aliphatic carbocycles. The lowest BCUT2D eigenvalue weighted by molar-refractivity contribution is -0.143. The third kappa shape index (κ3) is 5.67. The van der Waals surface area contributed by atoms with E-state index in [-0.39, 0.29) is 28.2 Å². The van der Waals surface area contributed by atoms with Crippen molar-refractivity contribution >= 4 is 35.1 Å². The van der Waals surface area contributed by atoms with Gasteiger partial charge >= 0.3 is 12.4 Å². The van der Waals surface area contributed by atoms with Crippen molar-refractivity contribution < 1.29 is 26.3 Å². The lowest BCUT2D eigenvalue weighted by Crippen LogP contribution is -2.11. The summed E-state index contributed by atoms with van der Waals surface area (Å²) in [6, 6.07) is 2.43. The monoisotopic (exact) mass is 513 g/mol. The van der Waals surface area contributed by atoms with E-state index in [0.717, 1.165) is 11.8 Å². The summed E-state index contributed by atoms with van der Waals surface area (Å²) >= 11 is 8.25. The molecule has 2 aromatic heterocycles. The highest BCUT2D eigenvalue weighted by molar-refractivity contribution is 7.99. The van der Waals surface area contributed by atoms with Crippen LogP contribution in [-0.2, 0) is 12.4 Å². The van der Waals surface area contributed by atoms with Gasteiger partial charge in [-0.05, 0) is 50.1 Å². The Hall–Kier alpha value is -1.99. The smallest absolute Gasteiger partial charge is 0.237 e. The number of hydrogen-bond donors (Lipinski definition) is 0. The summed E-state index contributed by atoms with van der Waals surface area (Å²) in [5, 5.41) is 5.35. The first kappa shape index (κ1) is 24.6. The Balaban J connectivity index is 2.11. The maximum atomic E-state index is 13.2. The van der Waals surface area contributed by atoms with Crippen LogP contribution in [-0.4, -0.2) is 31.0 Å². The molecular formula is C18H14ClF6N5S2. The Kier molecular flexibility index (Phi) is 7.01. The molecule has 0 fully saturated rings. The van der Waals surface area contributed by atoms with Gasteiger partial charge in [0.1, 0.15) is 10.2 Å². The highest BCUT2D eigenvalue weighted by Crippen LogP contribution is 2.39. The van der Waals surface area contributed by atoms with E-state index < -0.39 is 29.0 Å². The Bertz CT molecular complexity index is 1100. The van der Waals surface area contributed by atoms with E-state index in [2.05, 4.69) is 20.1 Å². The van der Waals surface area contributed by atoms with Crippen molar-refractivity contribution in [3.63, 3.8) is 0 Å². The van der Waals surface area contributed by atoms with Gasteiger partial charge in [-0.1, -0.05) is 23.4 Å². The van der Waals surface area contributed by atoms with Gasteiger partial charge in [-0.2, -0.15) is 26.3 Å². The summed E-state index contributed by atoms with van der Waals surface area (Å²) in [5.74, 6) is -0.275. The van der Waals surface area contributed by atoms with Crippen molar-refractivity contribution in [1.29, 1.82) is 0 Å². The molecule has 2 heterocycles. The van der Waals surface area contributed by atoms with Gasteiger partial charge in [-0.15, -0.1) is 5.10 Å². The summed E-state index contributed by atoms with van der Waals surface area (Å²) in [6.45, 7) is 3.49. The number of halogens is 7. The predicted molar refractivity (Wildman–Crippen MR) is 109 cm³/mol. The zero-order valence-corrected chi connectivity index (χ0v) is 19.0. The molecule has 0 unspecified atom stereocenters. The molecule has 1 aromatic carbocycles. The topological polar surface area (TPSA) is 56.5 Å². The highest BCUT2D eigenvalue weighted by atomic mass is 35.5. The molecule has 0 aliphatic heterocycles. The minimum Gasteiger partial charge on any atom is -0.237 e. The zero-order valence-electron chi connectivity index (χ0n) is 16.6. The Morgan fingerprint density at radius 2 is 1.50 bits per heavy atom. The van der Waals surface area contributed by atoms with Gasteiger partial charge in [-0.3, -0.25) is 0 Å². The van der Waals surface area contributed by atoms with Crippen LogP contribution in [0.5, 0.6) is 0 Å². The molecular weight excluding hydrogens is 500 g/mol. The summed E-state index contributed by atoms with van der Waals surface area (Å²) in [4.78, 5) is 12.5. The first-order chi connectivity index (χ1) is 14.8. The Labute approximate surface area is 192 Å². The third-order valence-electron chi connectivity index (χ3n) is 3.96. The van der Waals surface area contributed by atoms with Gasteiger partial charge < -0.3 is 0 Å². The van der Waals surface area contributed by atoms with Gasteiger partial charge in [0.2, 0.25) is 0 Å². The molecule has 0 aliphatic rings. The van der Waals surface area contributed by atoms with Crippen molar-refractivity contribution in [2.24, 2.45) is 0 Å². The van der Waals surface area contributed by atoms with Crippen molar-refractivity contribution in [1.82, 2.24) is 24.7 Å². The first-order valence-corrected chi connectivity index (χ1v) is 11.2. The molecule has 0 radical (unpaired) electrons. The summed E-state index contributed by atoms with van der Waals surface area (Å²) in [6.07, 6.45) is -8.19. The van der Waals surface area contributed by atoms with E-state index in [1.165, 1.54) is 22.5 Å². The van der Waals surface area contributed by atoms with Crippen molar-refractivity contribution in [2.75, 3.05) is 6.26 Å². The van der Waals surface area contributed by atoms with Crippen LogP contribution in [0.1, 0.15) is 31.0 Å². The van der Waals surface area contributed by atoms with Crippen LogP contribution < -0.4 is 0 Å². The second kappa shape index (κ2) is 9.10. The van der Waals surface area contributed by atoms with E-state index in [1.807, 2.05) is 0 Å². The largest absolute Gasteiger partial charge is 0.416 e. The minimum atomic E-state index is -4.97. The molecule has 0 saturated heterocycles. The first-order valence-electron chi connectivity index (χ1n) is 8.80. The predicted octanol–water partition coefficient (Wildman–Crippen LogP) is 6.88. The maximum absolute atomic E-state index is 13.2. The lowest BCUT2D eigenvalue weighted by Gasteiger charge is -2.13. The van der Waals surface area contributed by atoms with Gasteiger partial charge in [0, 0.05) is 17.7 Å². The van der Waals surface area contributed by atoms with Crippen LogP contribution in [0.25, 0.3) is 11.4 Å². The average molecular weight is 514 g/mol. The number of alkyl halides is 6.